The summed E-state index contributed by atoms with van der Waals surface area (Å²) in [6.07, 6.45) is -4.73. The number of H-pyrrole nitrogens is 1. The molecule has 0 radical (unpaired) electrons. The summed E-state index contributed by atoms with van der Waals surface area (Å²) < 4.78 is 70.7. The lowest BCUT2D eigenvalue weighted by Crippen LogP contribution is -2.48. The van der Waals surface area contributed by atoms with Gasteiger partial charge in [0, 0.05) is 38.3 Å². The number of rotatable bonds is 4. The van der Waals surface area contributed by atoms with E-state index in [1.165, 1.54) is 23.1 Å². The minimum Gasteiger partial charge on any atom is -0.408 e. The van der Waals surface area contributed by atoms with Crippen LogP contribution in [0.5, 0.6) is 0 Å². The number of alkyl halides is 3. The third-order valence-corrected chi connectivity index (χ3v) is 7.00. The van der Waals surface area contributed by atoms with E-state index in [-0.39, 0.29) is 42.3 Å². The first-order valence-electron chi connectivity index (χ1n) is 9.20. The van der Waals surface area contributed by atoms with Crippen LogP contribution in [-0.2, 0) is 16.2 Å². The number of nitro groups is 1. The van der Waals surface area contributed by atoms with Crippen LogP contribution >= 0.6 is 0 Å². The Labute approximate surface area is 178 Å². The fraction of sp³-hybridized carbons (Fsp3) is 0.278. The van der Waals surface area contributed by atoms with Gasteiger partial charge in [-0.25, -0.2) is 13.2 Å². The van der Waals surface area contributed by atoms with Crippen molar-refractivity contribution in [1.29, 1.82) is 0 Å². The molecule has 1 aliphatic heterocycles. The second kappa shape index (κ2) is 7.63. The molecule has 10 nitrogen and oxygen atoms in total. The summed E-state index contributed by atoms with van der Waals surface area (Å²) >= 11 is 0. The smallest absolute Gasteiger partial charge is 0.408 e. The summed E-state index contributed by atoms with van der Waals surface area (Å²) in [7, 11) is -3.95. The molecule has 0 bridgehead atoms. The molecule has 170 valence electrons. The molecule has 0 saturated carbocycles. The second-order valence-electron chi connectivity index (χ2n) is 7.02. The van der Waals surface area contributed by atoms with Crippen molar-refractivity contribution in [2.75, 3.05) is 31.1 Å². The van der Waals surface area contributed by atoms with Crippen LogP contribution in [0.15, 0.2) is 50.5 Å². The number of nitrogens with one attached hydrogen (secondary N) is 1. The first kappa shape index (κ1) is 21.8. The molecule has 1 N–H and O–H groups in total. The summed E-state index contributed by atoms with van der Waals surface area (Å²) in [6.45, 7) is -0.0227. The molecule has 0 spiro atoms. The molecular weight excluding hydrogens is 457 g/mol. The molecule has 3 aromatic rings. The molecule has 1 aromatic heterocycles. The first-order valence-corrected chi connectivity index (χ1v) is 10.6. The van der Waals surface area contributed by atoms with Crippen LogP contribution in [-0.4, -0.2) is 48.8 Å². The molecule has 1 fully saturated rings. The first-order chi connectivity index (χ1) is 15.0. The molecule has 14 heteroatoms. The van der Waals surface area contributed by atoms with Crippen LogP contribution < -0.4 is 10.7 Å². The van der Waals surface area contributed by atoms with Crippen molar-refractivity contribution >= 4 is 32.5 Å². The number of aromatic amines is 1. The van der Waals surface area contributed by atoms with E-state index >= 15 is 0 Å². The summed E-state index contributed by atoms with van der Waals surface area (Å²) in [6, 6.07) is 6.18. The maximum absolute atomic E-state index is 13.0. The predicted octanol–water partition coefficient (Wildman–Crippen LogP) is 2.56. The average Bonchev–Trinajstić information content (AvgIpc) is 3.12. The van der Waals surface area contributed by atoms with Gasteiger partial charge in [0.15, 0.2) is 5.58 Å². The van der Waals surface area contributed by atoms with Gasteiger partial charge in [0.05, 0.1) is 20.9 Å². The van der Waals surface area contributed by atoms with Gasteiger partial charge in [0.25, 0.3) is 5.69 Å². The van der Waals surface area contributed by atoms with E-state index in [4.69, 9.17) is 4.42 Å². The summed E-state index contributed by atoms with van der Waals surface area (Å²) in [5.74, 6) is -0.721. The Balaban J connectivity index is 1.56. The summed E-state index contributed by atoms with van der Waals surface area (Å²) in [5.41, 5.74) is -1.44. The van der Waals surface area contributed by atoms with Crippen molar-refractivity contribution in [2.24, 2.45) is 0 Å². The third-order valence-electron chi connectivity index (χ3n) is 5.11. The summed E-state index contributed by atoms with van der Waals surface area (Å²) in [4.78, 5) is 25.5. The Morgan fingerprint density at radius 3 is 2.38 bits per heavy atom. The highest BCUT2D eigenvalue weighted by Gasteiger charge is 2.35. The molecule has 2 heterocycles. The van der Waals surface area contributed by atoms with E-state index in [2.05, 4.69) is 4.98 Å². The zero-order valence-corrected chi connectivity index (χ0v) is 16.9. The van der Waals surface area contributed by atoms with E-state index < -0.39 is 38.1 Å². The average molecular weight is 472 g/mol. The van der Waals surface area contributed by atoms with Gasteiger partial charge in [0.1, 0.15) is 5.69 Å². The van der Waals surface area contributed by atoms with Gasteiger partial charge in [-0.05, 0) is 24.3 Å². The minimum absolute atomic E-state index is 0.0180. The normalized spacial score (nSPS) is 15.9. The van der Waals surface area contributed by atoms with E-state index in [0.717, 1.165) is 16.4 Å². The Hall–Kier alpha value is -3.39. The van der Waals surface area contributed by atoms with Crippen LogP contribution in [0.1, 0.15) is 5.56 Å². The minimum atomic E-state index is -4.73. The number of hydrogen-bond donors (Lipinski definition) is 1. The maximum atomic E-state index is 13.0. The topological polar surface area (TPSA) is 130 Å². The predicted molar refractivity (Wildman–Crippen MR) is 106 cm³/mol. The lowest BCUT2D eigenvalue weighted by atomic mass is 10.1. The molecule has 0 unspecified atom stereocenters. The van der Waals surface area contributed by atoms with Crippen LogP contribution in [0.25, 0.3) is 11.1 Å². The molecule has 1 aliphatic rings. The molecule has 32 heavy (non-hydrogen) atoms. The fourth-order valence-corrected chi connectivity index (χ4v) is 4.96. The van der Waals surface area contributed by atoms with Gasteiger partial charge in [-0.15, -0.1) is 0 Å². The number of halogens is 3. The molecule has 0 amide bonds. The lowest BCUT2D eigenvalue weighted by Gasteiger charge is -2.35. The zero-order chi connectivity index (χ0) is 23.3. The number of hydrogen-bond acceptors (Lipinski definition) is 7. The number of aromatic nitrogens is 1. The fourth-order valence-electron chi connectivity index (χ4n) is 3.52. The van der Waals surface area contributed by atoms with Gasteiger partial charge >= 0.3 is 11.9 Å². The zero-order valence-electron chi connectivity index (χ0n) is 16.1. The van der Waals surface area contributed by atoms with Gasteiger partial charge < -0.3 is 9.32 Å². The second-order valence-corrected chi connectivity index (χ2v) is 8.96. The summed E-state index contributed by atoms with van der Waals surface area (Å²) in [5, 5.41) is 11.3. The third kappa shape index (κ3) is 3.93. The van der Waals surface area contributed by atoms with Gasteiger partial charge in [0.2, 0.25) is 10.0 Å². The largest absolute Gasteiger partial charge is 0.417 e. The van der Waals surface area contributed by atoms with E-state index in [9.17, 15) is 36.5 Å². The lowest BCUT2D eigenvalue weighted by molar-refractivity contribution is -0.384. The van der Waals surface area contributed by atoms with E-state index in [0.29, 0.717) is 11.6 Å². The van der Waals surface area contributed by atoms with Crippen LogP contribution in [0.2, 0.25) is 0 Å². The maximum Gasteiger partial charge on any atom is 0.417 e. The highest BCUT2D eigenvalue weighted by atomic mass is 32.2. The van der Waals surface area contributed by atoms with Gasteiger partial charge in [-0.3, -0.25) is 15.1 Å². The number of nitrogens with zero attached hydrogens (tertiary/aromatic N) is 3. The van der Waals surface area contributed by atoms with Crippen molar-refractivity contribution in [3.63, 3.8) is 0 Å². The number of piperazine rings is 1. The van der Waals surface area contributed by atoms with Crippen LogP contribution in [0, 0.1) is 10.1 Å². The molecule has 0 atom stereocenters. The van der Waals surface area contributed by atoms with Crippen molar-refractivity contribution in [3.8, 4) is 0 Å². The highest BCUT2D eigenvalue weighted by molar-refractivity contribution is 7.89. The quantitative estimate of drug-likeness (QED) is 0.456. The van der Waals surface area contributed by atoms with Crippen molar-refractivity contribution in [1.82, 2.24) is 9.29 Å². The highest BCUT2D eigenvalue weighted by Crippen LogP contribution is 2.37. The van der Waals surface area contributed by atoms with E-state index in [1.54, 1.807) is 0 Å². The Kier molecular flexibility index (Phi) is 5.21. The molecule has 0 aliphatic carbocycles. The monoisotopic (exact) mass is 472 g/mol. The van der Waals surface area contributed by atoms with Crippen molar-refractivity contribution < 1.29 is 30.9 Å². The molecule has 2 aromatic carbocycles. The number of oxazole rings is 1. The number of fused-ring (bicyclic) bond motifs is 1. The van der Waals surface area contributed by atoms with Gasteiger partial charge in [-0.2, -0.15) is 17.5 Å². The Morgan fingerprint density at radius 2 is 1.75 bits per heavy atom. The number of anilines is 1. The molecular formula is C18H15F3N4O6S. The van der Waals surface area contributed by atoms with Crippen molar-refractivity contribution in [2.45, 2.75) is 11.1 Å². The SMILES string of the molecule is O=c1[nH]c2ccc(S(=O)(=O)N3CCN(c4ccc(C(F)(F)F)cc4[N+](=O)[O-])CC3)cc2o1. The van der Waals surface area contributed by atoms with E-state index in [1.807, 2.05) is 0 Å². The van der Waals surface area contributed by atoms with Gasteiger partial charge in [-0.1, -0.05) is 0 Å². The standard InChI is InChI=1S/C18H15F3N4O6S/c19-18(20,21)11-1-4-14(15(9-11)25(27)28)23-5-7-24(8-6-23)32(29,30)12-2-3-13-16(10-12)31-17(26)22-13/h1-4,9-10H,5-8H2,(H,22,26). The number of sulfonamides is 1. The molecule has 4 rings (SSSR count). The van der Waals surface area contributed by atoms with Crippen LogP contribution in [0.4, 0.5) is 24.5 Å². The molecule has 1 saturated heterocycles. The Bertz CT molecular complexity index is 1360. The number of nitro benzene ring substituents is 1. The Morgan fingerprint density at radius 1 is 1.06 bits per heavy atom. The number of benzene rings is 2. The van der Waals surface area contributed by atoms with Crippen molar-refractivity contribution in [3.05, 3.63) is 62.6 Å². The van der Waals surface area contributed by atoms with Crippen LogP contribution in [0.3, 0.4) is 0 Å².